The number of carbonyl (C=O) groups excluding carboxylic acids is 1. The van der Waals surface area contributed by atoms with Crippen molar-refractivity contribution in [2.45, 2.75) is 123 Å². The maximum absolute atomic E-state index is 12.5. The van der Waals surface area contributed by atoms with Crippen LogP contribution in [0.5, 0.6) is 0 Å². The first-order valence-corrected chi connectivity index (χ1v) is 15.6. The number of carbonyl (C=O) groups is 1. The average molecular weight is 838 g/mol. The van der Waals surface area contributed by atoms with Crippen molar-refractivity contribution in [2.75, 3.05) is 7.11 Å². The van der Waals surface area contributed by atoms with Crippen LogP contribution in [0.1, 0.15) is 86.5 Å². The maximum atomic E-state index is 12.5. The molecule has 244 valence electrons. The molecular weight excluding hydrogens is 784 g/mol. The smallest absolute Gasteiger partial charge is 0.644 e. The molecule has 3 rings (SSSR count). The zero-order valence-corrected chi connectivity index (χ0v) is 31.7. The Morgan fingerprint density at radius 3 is 2.45 bits per heavy atom. The Bertz CT molecular complexity index is 1070. The molecule has 7 unspecified atom stereocenters. The predicted octanol–water partition coefficient (Wildman–Crippen LogP) is 5.45. The fraction of sp³-hybridized carbons (Fsp3) is 0.676. The summed E-state index contributed by atoms with van der Waals surface area (Å²) in [5.74, 6) is 0.140. The number of hydrogen-bond acceptors (Lipinski definition) is 6. The summed E-state index contributed by atoms with van der Waals surface area (Å²) in [7, 11) is 1.00. The van der Waals surface area contributed by atoms with Gasteiger partial charge in [0.05, 0.1) is 36.2 Å². The number of ether oxygens (including phenoxy) is 2. The molecule has 0 aromatic heterocycles. The van der Waals surface area contributed by atoms with Crippen LogP contribution in [0.3, 0.4) is 0 Å². The average Bonchev–Trinajstić information content (AvgIpc) is 2.94. The van der Waals surface area contributed by atoms with Crippen LogP contribution in [-0.4, -0.2) is 76.9 Å². The molecule has 2 saturated heterocycles. The van der Waals surface area contributed by atoms with Crippen LogP contribution in [0.4, 0.5) is 0 Å². The molecule has 0 spiro atoms. The van der Waals surface area contributed by atoms with Crippen LogP contribution in [0.2, 0.25) is 0 Å². The predicted molar refractivity (Wildman–Crippen MR) is 172 cm³/mol. The van der Waals surface area contributed by atoms with Crippen molar-refractivity contribution >= 4 is 18.0 Å². The Labute approximate surface area is 288 Å². The number of aliphatic imine (C=N–C) groups is 1. The van der Waals surface area contributed by atoms with E-state index in [1.165, 1.54) is 6.08 Å². The van der Waals surface area contributed by atoms with Gasteiger partial charge in [0.25, 0.3) is 0 Å². The second-order valence-corrected chi connectivity index (χ2v) is 12.1. The molecule has 3 aliphatic rings. The second-order valence-electron chi connectivity index (χ2n) is 12.1. The van der Waals surface area contributed by atoms with Crippen LogP contribution in [0.25, 0.3) is 5.41 Å². The van der Waals surface area contributed by atoms with Gasteiger partial charge in [-0.1, -0.05) is 56.6 Å². The monoisotopic (exact) mass is 837 g/mol. The minimum absolute atomic E-state index is 0. The van der Waals surface area contributed by atoms with Gasteiger partial charge < -0.3 is 46.7 Å². The fourth-order valence-electron chi connectivity index (χ4n) is 5.62. The summed E-state index contributed by atoms with van der Waals surface area (Å²) >= 11 is 0. The number of allylic oxidation sites excluding steroid dienone is 3. The summed E-state index contributed by atoms with van der Waals surface area (Å²) in [6.45, 7) is 11.6. The molecule has 2 heterocycles. The number of aliphatic hydroxyl groups is 3. The molecule has 3 fully saturated rings. The van der Waals surface area contributed by atoms with Crippen molar-refractivity contribution in [3.8, 4) is 0 Å². The number of amidine groups is 1. The van der Waals surface area contributed by atoms with Crippen molar-refractivity contribution in [3.63, 3.8) is 0 Å². The molecule has 9 nitrogen and oxygen atoms in total. The fourth-order valence-corrected chi connectivity index (χ4v) is 5.62. The van der Waals surface area contributed by atoms with Crippen LogP contribution in [0, 0.1) is 48.9 Å². The molecule has 1 aliphatic carbocycles. The number of hydrogen-bond donors (Lipinski definition) is 4. The van der Waals surface area contributed by atoms with Crippen molar-refractivity contribution in [1.29, 1.82) is 0 Å². The Morgan fingerprint density at radius 2 is 1.84 bits per heavy atom. The quantitative estimate of drug-likeness (QED) is 0.0576. The van der Waals surface area contributed by atoms with Crippen LogP contribution in [-0.2, 0) is 14.3 Å². The normalized spacial score (nSPS) is 31.6. The molecule has 44 heavy (non-hydrogen) atoms. The summed E-state index contributed by atoms with van der Waals surface area (Å²) in [4.78, 5) is 16.2. The van der Waals surface area contributed by atoms with E-state index in [9.17, 15) is 20.4 Å². The molecule has 1 amide bonds. The largest absolute Gasteiger partial charge is 2.00 e. The third-order valence-corrected chi connectivity index (χ3v) is 8.63. The summed E-state index contributed by atoms with van der Waals surface area (Å²) in [6.07, 6.45) is 16.4. The Hall–Kier alpha value is -1.54. The molecule has 10 heteroatoms. The first kappa shape index (κ1) is 40.5. The molecule has 1 saturated carbocycles. The van der Waals surface area contributed by atoms with E-state index in [0.29, 0.717) is 12.2 Å². The van der Waals surface area contributed by atoms with Gasteiger partial charge in [0.1, 0.15) is 6.10 Å². The van der Waals surface area contributed by atoms with Crippen molar-refractivity contribution in [1.82, 2.24) is 5.32 Å². The molecule has 2 aliphatic heterocycles. The Morgan fingerprint density at radius 1 is 1.16 bits per heavy atom. The zero-order valence-electron chi connectivity index (χ0n) is 27.5. The summed E-state index contributed by atoms with van der Waals surface area (Å²) < 4.78 is 12.5. The van der Waals surface area contributed by atoms with Crippen molar-refractivity contribution in [2.24, 2.45) is 22.7 Å². The van der Waals surface area contributed by atoms with Gasteiger partial charge >= 0.3 is 31.1 Å². The molecule has 0 aromatic carbocycles. The van der Waals surface area contributed by atoms with E-state index in [2.05, 4.69) is 29.5 Å². The second kappa shape index (κ2) is 20.6. The van der Waals surface area contributed by atoms with E-state index in [0.717, 1.165) is 56.8 Å². The maximum Gasteiger partial charge on any atom is 2.00 e. The molecule has 0 radical (unpaired) electrons. The van der Waals surface area contributed by atoms with Crippen LogP contribution < -0.4 is 5.32 Å². The number of nitrogens with zero attached hydrogens (tertiary/aromatic N) is 2. The van der Waals surface area contributed by atoms with E-state index in [-0.39, 0.29) is 85.0 Å². The van der Waals surface area contributed by atoms with Crippen LogP contribution in [0.15, 0.2) is 52.3 Å². The van der Waals surface area contributed by atoms with Gasteiger partial charge in [-0.05, 0) is 75.9 Å². The van der Waals surface area contributed by atoms with Gasteiger partial charge in [0.15, 0.2) is 0 Å². The number of aliphatic hydroxyl groups excluding tert-OH is 3. The van der Waals surface area contributed by atoms with Crippen LogP contribution >= 0.6 is 0 Å². The summed E-state index contributed by atoms with van der Waals surface area (Å²) in [6, 6.07) is -0.0995. The third-order valence-electron chi connectivity index (χ3n) is 8.63. The number of amides is 1. The van der Waals surface area contributed by atoms with Crippen molar-refractivity contribution in [3.05, 3.63) is 52.7 Å². The van der Waals surface area contributed by atoms with Gasteiger partial charge in [-0.15, -0.1) is 6.92 Å². The summed E-state index contributed by atoms with van der Waals surface area (Å²) in [5.41, 5.74) is 2.22. The Kier molecular flexibility index (Phi) is 18.9. The standard InChI is InChI=1S/C33H49N3O5.CH4O.U/c1-7-35-33(34)21(3)13-16-31(38)36-27-18-22(4)29(40-24(27)6)14-11-20(2)12-15-30-32(39)23(5)17-26(41-30)19-28(37)25-9-8-10-25;1-2;/h11-13,15-16,21-24,26-27,29-30,32,37,39H,8-10,14,17-19H2,1-6H3,(H,36,38);2H,1H3;/q-2;;+2/b15-12+,16-13-,20-11+;;/t21?,22?,23?,24?,26-,27?,29?,30?,32-;;/m0../s1. The van der Waals surface area contributed by atoms with Gasteiger partial charge in [0.2, 0.25) is 5.91 Å². The summed E-state index contributed by atoms with van der Waals surface area (Å²) in [5, 5.41) is 40.9. The SMILES string of the molecule is CO.C[C-]=NC(=[N-])C(C)/C=C\C(=O)NC1CC(C)C(C/C=C(C)/C=C/C2O[C@H](CC(O)=C3CCC3)CC(C)[C@@H]2O)OC1C.[U+2]. The molecule has 0 bridgehead atoms. The first-order valence-electron chi connectivity index (χ1n) is 15.6. The zero-order chi connectivity index (χ0) is 32.1. The molecule has 0 aromatic rings. The molecule has 9 atom stereocenters. The molecular formula is C34H53N3O6U. The number of rotatable bonds is 10. The van der Waals surface area contributed by atoms with Gasteiger partial charge in [0, 0.05) is 13.5 Å². The van der Waals surface area contributed by atoms with E-state index in [1.54, 1.807) is 19.9 Å². The first-order chi connectivity index (χ1) is 20.5. The van der Waals surface area contributed by atoms with E-state index < -0.39 is 12.2 Å². The third kappa shape index (κ3) is 12.7. The van der Waals surface area contributed by atoms with Crippen molar-refractivity contribution < 1.29 is 60.7 Å². The van der Waals surface area contributed by atoms with Gasteiger partial charge in [-0.25, -0.2) is 5.84 Å². The van der Waals surface area contributed by atoms with Gasteiger partial charge in [-0.3, -0.25) is 4.79 Å². The van der Waals surface area contributed by atoms with E-state index >= 15 is 0 Å². The van der Waals surface area contributed by atoms with E-state index in [4.69, 9.17) is 14.6 Å². The molecule has 4 N–H and O–H groups in total. The van der Waals surface area contributed by atoms with E-state index in [1.807, 2.05) is 32.9 Å². The van der Waals surface area contributed by atoms with Gasteiger partial charge in [-0.2, -0.15) is 0 Å². The Balaban J connectivity index is 0.00000316. The minimum Gasteiger partial charge on any atom is -0.644 e. The number of nitrogens with one attached hydrogen (secondary N) is 1. The minimum atomic E-state index is -0.575. The topological polar surface area (TPSA) is 143 Å².